The van der Waals surface area contributed by atoms with Crippen molar-refractivity contribution in [2.24, 2.45) is 0 Å². The lowest BCUT2D eigenvalue weighted by molar-refractivity contribution is 0.395. The van der Waals surface area contributed by atoms with Crippen molar-refractivity contribution < 1.29 is 13.5 Å². The van der Waals surface area contributed by atoms with Crippen LogP contribution in [0.5, 0.6) is 5.88 Å². The van der Waals surface area contributed by atoms with Gasteiger partial charge in [-0.3, -0.25) is 0 Å². The third-order valence-electron chi connectivity index (χ3n) is 3.01. The largest absolute Gasteiger partial charge is 0.481 e. The molecule has 0 radical (unpaired) electrons. The van der Waals surface area contributed by atoms with Gasteiger partial charge in [0.1, 0.15) is 18.0 Å². The van der Waals surface area contributed by atoms with E-state index >= 15 is 0 Å². The molecule has 0 spiro atoms. The molecule has 2 rings (SSSR count). The van der Waals surface area contributed by atoms with E-state index in [2.05, 4.69) is 15.3 Å². The molecule has 0 fully saturated rings. The number of ether oxygens (including phenoxy) is 1. The highest BCUT2D eigenvalue weighted by atomic mass is 19.1. The lowest BCUT2D eigenvalue weighted by Gasteiger charge is -2.17. The summed E-state index contributed by atoms with van der Waals surface area (Å²) in [5.74, 6) is -0.723. The summed E-state index contributed by atoms with van der Waals surface area (Å²) >= 11 is 0. The number of likely N-dealkylation sites (N-methyl/N-ethyl adjacent to an activating group) is 1. The maximum atomic E-state index is 13.8. The van der Waals surface area contributed by atoms with Crippen LogP contribution in [0.1, 0.15) is 17.3 Å². The zero-order chi connectivity index (χ0) is 14.5. The molecule has 4 nitrogen and oxygen atoms in total. The summed E-state index contributed by atoms with van der Waals surface area (Å²) in [5, 5.41) is 3.00. The van der Waals surface area contributed by atoms with Gasteiger partial charge >= 0.3 is 0 Å². The van der Waals surface area contributed by atoms with Gasteiger partial charge in [0, 0.05) is 35.9 Å². The van der Waals surface area contributed by atoms with Gasteiger partial charge in [0.25, 0.3) is 0 Å². The summed E-state index contributed by atoms with van der Waals surface area (Å²) in [6.45, 7) is 0. The molecular weight excluding hydrogens is 264 g/mol. The smallest absolute Gasteiger partial charge is 0.216 e. The summed E-state index contributed by atoms with van der Waals surface area (Å²) in [4.78, 5) is 8.04. The number of benzene rings is 1. The quantitative estimate of drug-likeness (QED) is 0.912. The lowest BCUT2D eigenvalue weighted by Crippen LogP contribution is -2.20. The molecule has 1 aromatic carbocycles. The Kier molecular flexibility index (Phi) is 4.57. The summed E-state index contributed by atoms with van der Waals surface area (Å²) in [5.41, 5.74) is 1.10. The van der Waals surface area contributed by atoms with Crippen molar-refractivity contribution >= 4 is 0 Å². The number of halogens is 2. The van der Waals surface area contributed by atoms with Gasteiger partial charge in [-0.25, -0.2) is 18.7 Å². The first-order chi connectivity index (χ1) is 9.63. The van der Waals surface area contributed by atoms with Gasteiger partial charge in [-0.05, 0) is 13.1 Å². The predicted octanol–water partition coefficient (Wildman–Crippen LogP) is 2.27. The van der Waals surface area contributed by atoms with E-state index in [-0.39, 0.29) is 6.04 Å². The molecule has 2 aromatic rings. The molecule has 20 heavy (non-hydrogen) atoms. The minimum atomic E-state index is -0.593. The third kappa shape index (κ3) is 3.27. The fraction of sp³-hybridized carbons (Fsp3) is 0.286. The summed E-state index contributed by atoms with van der Waals surface area (Å²) < 4.78 is 31.8. The molecule has 0 aliphatic rings. The summed E-state index contributed by atoms with van der Waals surface area (Å²) in [6, 6.07) is 4.93. The van der Waals surface area contributed by atoms with Crippen LogP contribution in [0, 0.1) is 11.6 Å². The fourth-order valence-corrected chi connectivity index (χ4v) is 1.96. The van der Waals surface area contributed by atoms with Gasteiger partial charge in [0.2, 0.25) is 5.88 Å². The maximum Gasteiger partial charge on any atom is 0.216 e. The van der Waals surface area contributed by atoms with E-state index in [9.17, 15) is 8.78 Å². The van der Waals surface area contributed by atoms with Crippen LogP contribution in [0.25, 0.3) is 0 Å². The molecule has 0 aliphatic heterocycles. The SMILES string of the molecule is CNC(Cc1cc(OC)ncn1)c1ccc(F)cc1F. The van der Waals surface area contributed by atoms with Gasteiger partial charge in [0.05, 0.1) is 7.11 Å². The zero-order valence-corrected chi connectivity index (χ0v) is 11.2. The van der Waals surface area contributed by atoms with Crippen molar-refractivity contribution in [1.82, 2.24) is 15.3 Å². The molecule has 1 heterocycles. The van der Waals surface area contributed by atoms with Crippen molar-refractivity contribution in [3.8, 4) is 5.88 Å². The molecular formula is C14H15F2N3O. The zero-order valence-electron chi connectivity index (χ0n) is 11.2. The van der Waals surface area contributed by atoms with Crippen molar-refractivity contribution in [3.63, 3.8) is 0 Å². The van der Waals surface area contributed by atoms with Crippen LogP contribution in [0.15, 0.2) is 30.6 Å². The number of nitrogens with one attached hydrogen (secondary N) is 1. The first kappa shape index (κ1) is 14.3. The molecule has 0 amide bonds. The Balaban J connectivity index is 2.23. The van der Waals surface area contributed by atoms with Gasteiger partial charge in [-0.2, -0.15) is 0 Å². The molecule has 0 saturated carbocycles. The van der Waals surface area contributed by atoms with Gasteiger partial charge in [0.15, 0.2) is 0 Å². The number of hydrogen-bond donors (Lipinski definition) is 1. The Bertz CT molecular complexity index is 592. The van der Waals surface area contributed by atoms with Crippen LogP contribution < -0.4 is 10.1 Å². The molecule has 1 aromatic heterocycles. The maximum absolute atomic E-state index is 13.8. The van der Waals surface area contributed by atoms with E-state index in [1.807, 2.05) is 0 Å². The Hall–Kier alpha value is -2.08. The summed E-state index contributed by atoms with van der Waals surface area (Å²) in [7, 11) is 3.23. The topological polar surface area (TPSA) is 47.0 Å². The molecule has 1 unspecified atom stereocenters. The van der Waals surface area contributed by atoms with Crippen molar-refractivity contribution in [1.29, 1.82) is 0 Å². The summed E-state index contributed by atoms with van der Waals surface area (Å²) in [6.07, 6.45) is 1.83. The number of aromatic nitrogens is 2. The second-order valence-corrected chi connectivity index (χ2v) is 4.26. The Morgan fingerprint density at radius 2 is 2.05 bits per heavy atom. The number of nitrogens with zero attached hydrogens (tertiary/aromatic N) is 2. The van der Waals surface area contributed by atoms with Crippen LogP contribution in [0.4, 0.5) is 8.78 Å². The Morgan fingerprint density at radius 3 is 2.70 bits per heavy atom. The minimum absolute atomic E-state index is 0.310. The predicted molar refractivity (Wildman–Crippen MR) is 70.4 cm³/mol. The standard InChI is InChI=1S/C14H15F2N3O/c1-17-13(11-4-3-9(15)5-12(11)16)6-10-7-14(20-2)19-8-18-10/h3-5,7-8,13,17H,6H2,1-2H3. The average molecular weight is 279 g/mol. The normalized spacial score (nSPS) is 12.2. The fourth-order valence-electron chi connectivity index (χ4n) is 1.96. The second-order valence-electron chi connectivity index (χ2n) is 4.26. The van der Waals surface area contributed by atoms with Gasteiger partial charge < -0.3 is 10.1 Å². The average Bonchev–Trinajstić information content (AvgIpc) is 2.45. The van der Waals surface area contributed by atoms with E-state index in [4.69, 9.17) is 4.74 Å². The van der Waals surface area contributed by atoms with E-state index < -0.39 is 11.6 Å². The molecule has 0 saturated heterocycles. The number of rotatable bonds is 5. The Labute approximate surface area is 115 Å². The lowest BCUT2D eigenvalue weighted by atomic mass is 10.0. The molecule has 1 N–H and O–H groups in total. The van der Waals surface area contributed by atoms with E-state index in [1.165, 1.54) is 25.6 Å². The highest BCUT2D eigenvalue weighted by Gasteiger charge is 2.16. The van der Waals surface area contributed by atoms with E-state index in [0.29, 0.717) is 23.6 Å². The third-order valence-corrected chi connectivity index (χ3v) is 3.01. The highest BCUT2D eigenvalue weighted by Crippen LogP contribution is 2.22. The number of methoxy groups -OCH3 is 1. The molecule has 6 heteroatoms. The van der Waals surface area contributed by atoms with Crippen LogP contribution in [0.2, 0.25) is 0 Å². The minimum Gasteiger partial charge on any atom is -0.481 e. The monoisotopic (exact) mass is 279 g/mol. The van der Waals surface area contributed by atoms with Crippen LogP contribution in [-0.2, 0) is 6.42 Å². The molecule has 106 valence electrons. The van der Waals surface area contributed by atoms with Crippen molar-refractivity contribution in [2.75, 3.05) is 14.2 Å². The van der Waals surface area contributed by atoms with Crippen LogP contribution in [0.3, 0.4) is 0 Å². The molecule has 1 atom stereocenters. The van der Waals surface area contributed by atoms with Crippen LogP contribution in [-0.4, -0.2) is 24.1 Å². The number of hydrogen-bond acceptors (Lipinski definition) is 4. The Morgan fingerprint density at radius 1 is 1.25 bits per heavy atom. The van der Waals surface area contributed by atoms with Gasteiger partial charge in [-0.15, -0.1) is 0 Å². The van der Waals surface area contributed by atoms with Crippen molar-refractivity contribution in [2.45, 2.75) is 12.5 Å². The van der Waals surface area contributed by atoms with Crippen molar-refractivity contribution in [3.05, 3.63) is 53.5 Å². The highest BCUT2D eigenvalue weighted by molar-refractivity contribution is 5.24. The molecule has 0 aliphatic carbocycles. The first-order valence-corrected chi connectivity index (χ1v) is 6.11. The van der Waals surface area contributed by atoms with E-state index in [1.54, 1.807) is 13.1 Å². The first-order valence-electron chi connectivity index (χ1n) is 6.11. The van der Waals surface area contributed by atoms with E-state index in [0.717, 1.165) is 6.07 Å². The second kappa shape index (κ2) is 6.38. The van der Waals surface area contributed by atoms with Gasteiger partial charge in [-0.1, -0.05) is 6.07 Å². The van der Waals surface area contributed by atoms with Crippen LogP contribution >= 0.6 is 0 Å². The molecule has 0 bridgehead atoms.